The summed E-state index contributed by atoms with van der Waals surface area (Å²) >= 11 is 0. The summed E-state index contributed by atoms with van der Waals surface area (Å²) in [6.45, 7) is 5.35. The van der Waals surface area contributed by atoms with Gasteiger partial charge in [0.1, 0.15) is 16.4 Å². The second-order valence-electron chi connectivity index (χ2n) is 5.46. The topological polar surface area (TPSA) is 74.6 Å². The highest BCUT2D eigenvalue weighted by molar-refractivity contribution is 7.89. The molecule has 1 rings (SSSR count). The van der Waals surface area contributed by atoms with Crippen LogP contribution in [-0.2, 0) is 16.6 Å². The van der Waals surface area contributed by atoms with Gasteiger partial charge in [0.25, 0.3) is 0 Å². The van der Waals surface area contributed by atoms with Crippen LogP contribution in [0.4, 0.5) is 0 Å². The van der Waals surface area contributed by atoms with Crippen molar-refractivity contribution in [1.29, 1.82) is 0 Å². The highest BCUT2D eigenvalue weighted by Gasteiger charge is 2.25. The summed E-state index contributed by atoms with van der Waals surface area (Å²) in [6.07, 6.45) is 1.77. The standard InChI is InChI=1S/C14H27N3O3S/c1-11-13(10-15-3)14(12(2)20-11)21(18,19)16-8-6-7-9-17(4)5/h15-16H,6-10H2,1-5H3. The Morgan fingerprint density at radius 1 is 1.14 bits per heavy atom. The van der Waals surface area contributed by atoms with Gasteiger partial charge in [-0.3, -0.25) is 0 Å². The minimum atomic E-state index is -3.52. The first-order valence-electron chi connectivity index (χ1n) is 7.17. The van der Waals surface area contributed by atoms with E-state index in [9.17, 15) is 8.42 Å². The van der Waals surface area contributed by atoms with Crippen molar-refractivity contribution in [2.24, 2.45) is 0 Å². The van der Waals surface area contributed by atoms with E-state index in [1.165, 1.54) is 0 Å². The molecule has 0 spiro atoms. The van der Waals surface area contributed by atoms with E-state index < -0.39 is 10.0 Å². The molecule has 1 aromatic heterocycles. The van der Waals surface area contributed by atoms with Gasteiger partial charge in [0.15, 0.2) is 0 Å². The lowest BCUT2D eigenvalue weighted by Crippen LogP contribution is -2.27. The van der Waals surface area contributed by atoms with Gasteiger partial charge in [0.2, 0.25) is 10.0 Å². The first-order chi connectivity index (χ1) is 9.79. The molecule has 0 amide bonds. The quantitative estimate of drug-likeness (QED) is 0.670. The lowest BCUT2D eigenvalue weighted by atomic mass is 10.2. The van der Waals surface area contributed by atoms with Crippen molar-refractivity contribution in [3.63, 3.8) is 0 Å². The van der Waals surface area contributed by atoms with Crippen LogP contribution in [0.5, 0.6) is 0 Å². The zero-order valence-electron chi connectivity index (χ0n) is 13.6. The van der Waals surface area contributed by atoms with Gasteiger partial charge in [-0.25, -0.2) is 13.1 Å². The molecule has 7 heteroatoms. The third-order valence-corrected chi connectivity index (χ3v) is 4.93. The molecule has 21 heavy (non-hydrogen) atoms. The molecule has 0 fully saturated rings. The zero-order valence-corrected chi connectivity index (χ0v) is 14.4. The average molecular weight is 317 g/mol. The summed E-state index contributed by atoms with van der Waals surface area (Å²) < 4.78 is 33.0. The number of hydrogen-bond acceptors (Lipinski definition) is 5. The van der Waals surface area contributed by atoms with Crippen LogP contribution in [0.25, 0.3) is 0 Å². The molecule has 0 bridgehead atoms. The maximum Gasteiger partial charge on any atom is 0.244 e. The summed E-state index contributed by atoms with van der Waals surface area (Å²) in [4.78, 5) is 2.37. The summed E-state index contributed by atoms with van der Waals surface area (Å²) in [5.74, 6) is 1.09. The lowest BCUT2D eigenvalue weighted by Gasteiger charge is -2.10. The number of furan rings is 1. The Morgan fingerprint density at radius 2 is 1.81 bits per heavy atom. The third-order valence-electron chi connectivity index (χ3n) is 3.27. The van der Waals surface area contributed by atoms with Crippen molar-refractivity contribution in [3.05, 3.63) is 17.1 Å². The minimum absolute atomic E-state index is 0.280. The van der Waals surface area contributed by atoms with E-state index in [4.69, 9.17) is 4.42 Å². The summed E-state index contributed by atoms with van der Waals surface area (Å²) in [6, 6.07) is 0. The molecule has 0 unspecified atom stereocenters. The van der Waals surface area contributed by atoms with Crippen LogP contribution in [-0.4, -0.2) is 47.6 Å². The van der Waals surface area contributed by atoms with Gasteiger partial charge in [-0.1, -0.05) is 0 Å². The van der Waals surface area contributed by atoms with Gasteiger partial charge in [0, 0.05) is 18.7 Å². The molecule has 0 aliphatic carbocycles. The van der Waals surface area contributed by atoms with Gasteiger partial charge in [-0.05, 0) is 54.4 Å². The Hall–Kier alpha value is -0.890. The average Bonchev–Trinajstić information content (AvgIpc) is 2.64. The number of nitrogens with one attached hydrogen (secondary N) is 2. The number of sulfonamides is 1. The fraction of sp³-hybridized carbons (Fsp3) is 0.714. The van der Waals surface area contributed by atoms with Crippen molar-refractivity contribution in [2.45, 2.75) is 38.1 Å². The van der Waals surface area contributed by atoms with Crippen molar-refractivity contribution in [3.8, 4) is 0 Å². The van der Waals surface area contributed by atoms with Crippen LogP contribution in [0, 0.1) is 13.8 Å². The van der Waals surface area contributed by atoms with Crippen molar-refractivity contribution in [2.75, 3.05) is 34.2 Å². The van der Waals surface area contributed by atoms with E-state index in [0.717, 1.165) is 19.4 Å². The Labute approximate surface area is 127 Å². The molecule has 0 radical (unpaired) electrons. The monoisotopic (exact) mass is 317 g/mol. The number of hydrogen-bond donors (Lipinski definition) is 2. The van der Waals surface area contributed by atoms with Crippen LogP contribution >= 0.6 is 0 Å². The normalized spacial score (nSPS) is 12.3. The molecule has 0 aliphatic heterocycles. The molecule has 6 nitrogen and oxygen atoms in total. The molecule has 1 heterocycles. The minimum Gasteiger partial charge on any atom is -0.465 e. The Bertz CT molecular complexity index is 550. The van der Waals surface area contributed by atoms with E-state index in [2.05, 4.69) is 14.9 Å². The maximum absolute atomic E-state index is 12.4. The van der Waals surface area contributed by atoms with E-state index in [-0.39, 0.29) is 4.90 Å². The van der Waals surface area contributed by atoms with Crippen LogP contribution in [0.2, 0.25) is 0 Å². The highest BCUT2D eigenvalue weighted by Crippen LogP contribution is 2.26. The molecule has 0 atom stereocenters. The highest BCUT2D eigenvalue weighted by atomic mass is 32.2. The predicted molar refractivity (Wildman–Crippen MR) is 83.9 cm³/mol. The van der Waals surface area contributed by atoms with E-state index in [1.807, 2.05) is 14.1 Å². The van der Waals surface area contributed by atoms with Crippen LogP contribution in [0.1, 0.15) is 29.9 Å². The van der Waals surface area contributed by atoms with E-state index in [1.54, 1.807) is 20.9 Å². The van der Waals surface area contributed by atoms with Crippen LogP contribution in [0.15, 0.2) is 9.31 Å². The molecule has 0 saturated carbocycles. The number of unbranched alkanes of at least 4 members (excludes halogenated alkanes) is 1. The van der Waals surface area contributed by atoms with Crippen LogP contribution in [0.3, 0.4) is 0 Å². The fourth-order valence-corrected chi connectivity index (χ4v) is 3.79. The predicted octanol–water partition coefficient (Wildman–Crippen LogP) is 1.24. The SMILES string of the molecule is CNCc1c(C)oc(C)c1S(=O)(=O)NCCCCN(C)C. The van der Waals surface area contributed by atoms with E-state index >= 15 is 0 Å². The van der Waals surface area contributed by atoms with Crippen LogP contribution < -0.4 is 10.0 Å². The molecular weight excluding hydrogens is 290 g/mol. The zero-order chi connectivity index (χ0) is 16.0. The third kappa shape index (κ3) is 5.10. The second kappa shape index (κ2) is 7.93. The summed E-state index contributed by atoms with van der Waals surface area (Å²) in [7, 11) is 2.28. The maximum atomic E-state index is 12.4. The molecule has 1 aromatic rings. The summed E-state index contributed by atoms with van der Waals surface area (Å²) in [5, 5.41) is 2.98. The van der Waals surface area contributed by atoms with Gasteiger partial charge in [0.05, 0.1) is 0 Å². The molecule has 0 aliphatic rings. The largest absolute Gasteiger partial charge is 0.465 e. The first kappa shape index (κ1) is 18.2. The number of nitrogens with zero attached hydrogens (tertiary/aromatic N) is 1. The van der Waals surface area contributed by atoms with Crippen molar-refractivity contribution >= 4 is 10.0 Å². The second-order valence-corrected chi connectivity index (χ2v) is 7.16. The molecule has 2 N–H and O–H groups in total. The molecule has 122 valence electrons. The number of rotatable bonds is 9. The Balaban J connectivity index is 2.74. The molecule has 0 saturated heterocycles. The Morgan fingerprint density at radius 3 is 2.38 bits per heavy atom. The van der Waals surface area contributed by atoms with Gasteiger partial charge >= 0.3 is 0 Å². The van der Waals surface area contributed by atoms with Gasteiger partial charge < -0.3 is 14.6 Å². The van der Waals surface area contributed by atoms with Crippen molar-refractivity contribution < 1.29 is 12.8 Å². The molecule has 0 aromatic carbocycles. The first-order valence-corrected chi connectivity index (χ1v) is 8.65. The Kier molecular flexibility index (Phi) is 6.86. The fourth-order valence-electron chi connectivity index (χ4n) is 2.27. The number of aryl methyl sites for hydroxylation is 2. The summed E-state index contributed by atoms with van der Waals surface area (Å²) in [5.41, 5.74) is 0.704. The molecular formula is C14H27N3O3S. The van der Waals surface area contributed by atoms with Gasteiger partial charge in [-0.2, -0.15) is 0 Å². The smallest absolute Gasteiger partial charge is 0.244 e. The lowest BCUT2D eigenvalue weighted by molar-refractivity contribution is 0.394. The van der Waals surface area contributed by atoms with E-state index in [0.29, 0.717) is 30.2 Å². The van der Waals surface area contributed by atoms with Gasteiger partial charge in [-0.15, -0.1) is 0 Å². The van der Waals surface area contributed by atoms with Crippen molar-refractivity contribution in [1.82, 2.24) is 14.9 Å².